The molecule has 0 aliphatic carbocycles. The van der Waals surface area contributed by atoms with Crippen molar-refractivity contribution in [2.24, 2.45) is 0 Å². The van der Waals surface area contributed by atoms with E-state index in [2.05, 4.69) is 21.4 Å². The highest BCUT2D eigenvalue weighted by atomic mass is 79.9. The molecule has 2 rings (SSSR count). The lowest BCUT2D eigenvalue weighted by Crippen LogP contribution is -2.41. The summed E-state index contributed by atoms with van der Waals surface area (Å²) in [6, 6.07) is 8.82. The van der Waals surface area contributed by atoms with Crippen LogP contribution >= 0.6 is 15.9 Å². The maximum atomic E-state index is 12.8. The Hall–Kier alpha value is -1.97. The van der Waals surface area contributed by atoms with Gasteiger partial charge >= 0.3 is 0 Å². The van der Waals surface area contributed by atoms with Crippen LogP contribution in [0.3, 0.4) is 0 Å². The molecule has 1 amide bonds. The summed E-state index contributed by atoms with van der Waals surface area (Å²) in [5.41, 5.74) is 2.18. The first-order chi connectivity index (χ1) is 10.8. The van der Waals surface area contributed by atoms with Crippen molar-refractivity contribution in [1.82, 2.24) is 10.3 Å². The maximum Gasteiger partial charge on any atom is 0.266 e. The molecule has 0 unspecified atom stereocenters. The third-order valence-electron chi connectivity index (χ3n) is 2.84. The van der Waals surface area contributed by atoms with Crippen molar-refractivity contribution in [2.45, 2.75) is 4.90 Å². The first-order valence-corrected chi connectivity index (χ1v) is 8.52. The van der Waals surface area contributed by atoms with Crippen LogP contribution in [-0.2, 0) is 10.0 Å². The van der Waals surface area contributed by atoms with Crippen molar-refractivity contribution in [3.63, 3.8) is 0 Å². The van der Waals surface area contributed by atoms with Crippen molar-refractivity contribution >= 4 is 31.9 Å². The number of nitrogens with one attached hydrogen (secondary N) is 2. The summed E-state index contributed by atoms with van der Waals surface area (Å²) < 4.78 is 42.5. The predicted octanol–water partition coefficient (Wildman–Crippen LogP) is 2.22. The number of hydrogen-bond acceptors (Lipinski definition) is 4. The summed E-state index contributed by atoms with van der Waals surface area (Å²) in [6.45, 7) is 0. The number of ether oxygens (including phenoxy) is 1. The van der Waals surface area contributed by atoms with Gasteiger partial charge in [-0.15, -0.1) is 4.83 Å². The molecule has 0 saturated heterocycles. The van der Waals surface area contributed by atoms with Gasteiger partial charge in [0, 0.05) is 5.56 Å². The van der Waals surface area contributed by atoms with Crippen molar-refractivity contribution in [2.75, 3.05) is 7.11 Å². The lowest BCUT2D eigenvalue weighted by Gasteiger charge is -2.10. The van der Waals surface area contributed by atoms with Gasteiger partial charge in [0.2, 0.25) is 0 Å². The highest BCUT2D eigenvalue weighted by Gasteiger charge is 2.17. The van der Waals surface area contributed by atoms with Crippen LogP contribution in [0.1, 0.15) is 10.4 Å². The van der Waals surface area contributed by atoms with Crippen LogP contribution in [0, 0.1) is 5.82 Å². The molecule has 2 aromatic carbocycles. The smallest absolute Gasteiger partial charge is 0.266 e. The number of methoxy groups -OCH3 is 1. The molecule has 23 heavy (non-hydrogen) atoms. The first-order valence-electron chi connectivity index (χ1n) is 6.25. The molecule has 6 nitrogen and oxygen atoms in total. The summed E-state index contributed by atoms with van der Waals surface area (Å²) in [6.07, 6.45) is 0. The van der Waals surface area contributed by atoms with Gasteiger partial charge in [-0.25, -0.2) is 12.8 Å². The molecule has 0 saturated carbocycles. The average molecular weight is 403 g/mol. The monoisotopic (exact) mass is 402 g/mol. The van der Waals surface area contributed by atoms with Gasteiger partial charge in [0.15, 0.2) is 0 Å². The number of benzene rings is 2. The number of sulfonamides is 1. The van der Waals surface area contributed by atoms with Gasteiger partial charge in [-0.05, 0) is 58.4 Å². The standard InChI is InChI=1S/C14H12BrFN2O4S/c1-22-13-7-6-11(8-12(13)15)23(20,21)18-17-14(19)9-2-4-10(16)5-3-9/h2-8,18H,1H3,(H,17,19). The molecule has 0 heterocycles. The van der Waals surface area contributed by atoms with Gasteiger partial charge in [-0.1, -0.05) is 0 Å². The minimum atomic E-state index is -3.96. The molecule has 0 spiro atoms. The molecule has 2 aromatic rings. The summed E-state index contributed by atoms with van der Waals surface area (Å²) in [5.74, 6) is -0.731. The van der Waals surface area contributed by atoms with Crippen LogP contribution in [0.25, 0.3) is 0 Å². The van der Waals surface area contributed by atoms with E-state index in [1.807, 2.05) is 4.83 Å². The zero-order chi connectivity index (χ0) is 17.0. The molecule has 0 bridgehead atoms. The number of halogens is 2. The summed E-state index contributed by atoms with van der Waals surface area (Å²) in [5, 5.41) is 0. The quantitative estimate of drug-likeness (QED) is 0.750. The fourth-order valence-electron chi connectivity index (χ4n) is 1.66. The second-order valence-electron chi connectivity index (χ2n) is 4.36. The predicted molar refractivity (Wildman–Crippen MR) is 84.9 cm³/mol. The van der Waals surface area contributed by atoms with Gasteiger partial charge in [0.05, 0.1) is 16.5 Å². The lowest BCUT2D eigenvalue weighted by molar-refractivity contribution is 0.0945. The highest BCUT2D eigenvalue weighted by molar-refractivity contribution is 9.10. The second-order valence-corrected chi connectivity index (χ2v) is 6.90. The zero-order valence-electron chi connectivity index (χ0n) is 11.8. The van der Waals surface area contributed by atoms with E-state index in [0.29, 0.717) is 10.2 Å². The molecular formula is C14H12BrFN2O4S. The Morgan fingerprint density at radius 3 is 2.39 bits per heavy atom. The summed E-state index contributed by atoms with van der Waals surface area (Å²) in [7, 11) is -2.51. The van der Waals surface area contributed by atoms with Crippen LogP contribution in [0.2, 0.25) is 0 Å². The Kier molecular flexibility index (Phi) is 5.34. The van der Waals surface area contributed by atoms with E-state index < -0.39 is 21.7 Å². The fraction of sp³-hybridized carbons (Fsp3) is 0.0714. The molecular weight excluding hydrogens is 391 g/mol. The molecule has 0 fully saturated rings. The van der Waals surface area contributed by atoms with E-state index in [9.17, 15) is 17.6 Å². The van der Waals surface area contributed by atoms with Crippen molar-refractivity contribution in [1.29, 1.82) is 0 Å². The molecule has 2 N–H and O–H groups in total. The molecule has 0 aliphatic rings. The van der Waals surface area contributed by atoms with E-state index in [-0.39, 0.29) is 10.5 Å². The molecule has 0 aromatic heterocycles. The Bertz CT molecular complexity index is 825. The molecule has 9 heteroatoms. The van der Waals surface area contributed by atoms with Crippen LogP contribution < -0.4 is 15.0 Å². The van der Waals surface area contributed by atoms with Gasteiger partial charge in [0.1, 0.15) is 11.6 Å². The Labute approximate surface area is 140 Å². The number of carbonyl (C=O) groups excluding carboxylic acids is 1. The SMILES string of the molecule is COc1ccc(S(=O)(=O)NNC(=O)c2ccc(F)cc2)cc1Br. The van der Waals surface area contributed by atoms with E-state index >= 15 is 0 Å². The van der Waals surface area contributed by atoms with Crippen molar-refractivity contribution < 1.29 is 22.3 Å². The third kappa shape index (κ3) is 4.27. The highest BCUT2D eigenvalue weighted by Crippen LogP contribution is 2.27. The van der Waals surface area contributed by atoms with E-state index in [4.69, 9.17) is 4.74 Å². The van der Waals surface area contributed by atoms with Crippen LogP contribution in [0.5, 0.6) is 5.75 Å². The Morgan fingerprint density at radius 2 is 1.83 bits per heavy atom. The summed E-state index contributed by atoms with van der Waals surface area (Å²) in [4.78, 5) is 13.7. The normalized spacial score (nSPS) is 11.1. The average Bonchev–Trinajstić information content (AvgIpc) is 2.53. The van der Waals surface area contributed by atoms with Crippen molar-refractivity contribution in [3.05, 3.63) is 58.3 Å². The first kappa shape index (κ1) is 17.4. The molecule has 0 aliphatic heterocycles. The number of amides is 1. The Balaban J connectivity index is 2.11. The van der Waals surface area contributed by atoms with Crippen molar-refractivity contribution in [3.8, 4) is 5.75 Å². The second kappa shape index (κ2) is 7.07. The largest absolute Gasteiger partial charge is 0.496 e. The topological polar surface area (TPSA) is 84.5 Å². The van der Waals surface area contributed by atoms with E-state index in [1.165, 1.54) is 37.4 Å². The van der Waals surface area contributed by atoms with Gasteiger partial charge in [-0.3, -0.25) is 10.2 Å². The van der Waals surface area contributed by atoms with Crippen LogP contribution in [0.15, 0.2) is 51.8 Å². The van der Waals surface area contributed by atoms with Gasteiger partial charge in [0.25, 0.3) is 15.9 Å². The number of hydrogen-bond donors (Lipinski definition) is 2. The molecule has 0 radical (unpaired) electrons. The van der Waals surface area contributed by atoms with E-state index in [1.54, 1.807) is 0 Å². The van der Waals surface area contributed by atoms with Gasteiger partial charge < -0.3 is 4.74 Å². The lowest BCUT2D eigenvalue weighted by atomic mass is 10.2. The van der Waals surface area contributed by atoms with E-state index in [0.717, 1.165) is 12.1 Å². The maximum absolute atomic E-state index is 12.8. The van der Waals surface area contributed by atoms with Gasteiger partial charge in [-0.2, -0.15) is 0 Å². The minimum Gasteiger partial charge on any atom is -0.496 e. The fourth-order valence-corrected chi connectivity index (χ4v) is 3.22. The number of carbonyl (C=O) groups is 1. The molecule has 0 atom stereocenters. The van der Waals surface area contributed by atoms with Crippen LogP contribution in [0.4, 0.5) is 4.39 Å². The molecule has 122 valence electrons. The Morgan fingerprint density at radius 1 is 1.17 bits per heavy atom. The number of hydrazine groups is 1. The zero-order valence-corrected chi connectivity index (χ0v) is 14.2. The van der Waals surface area contributed by atoms with Crippen LogP contribution in [-0.4, -0.2) is 21.4 Å². The third-order valence-corrected chi connectivity index (χ3v) is 4.70. The number of rotatable bonds is 5. The summed E-state index contributed by atoms with van der Waals surface area (Å²) >= 11 is 3.18. The minimum absolute atomic E-state index is 0.0652.